The van der Waals surface area contributed by atoms with Gasteiger partial charge < -0.3 is 15.5 Å². The van der Waals surface area contributed by atoms with Gasteiger partial charge in [0.15, 0.2) is 17.5 Å². The van der Waals surface area contributed by atoms with E-state index in [0.29, 0.717) is 24.5 Å². The number of aromatic amines is 1. The second-order valence-corrected chi connectivity index (χ2v) is 7.51. The van der Waals surface area contributed by atoms with E-state index in [2.05, 4.69) is 31.0 Å². The Hall–Kier alpha value is -3.66. The molecule has 0 saturated heterocycles. The van der Waals surface area contributed by atoms with E-state index in [-0.39, 0.29) is 17.2 Å². The standard InChI is InChI=1S/C22H22F3N7/c1-32(2)12-11-26-20-16(14-7-3-5-9-17(14)22(23,24)25)13-19(29-30-20)27-21-15-8-4-6-10-18(15)28-31-21/h3-10,13H,11-12H2,1-2H3,(H,26,30)(H2,27,28,29,31). The van der Waals surface area contributed by atoms with E-state index in [1.54, 1.807) is 12.1 Å². The fourth-order valence-corrected chi connectivity index (χ4v) is 3.33. The highest BCUT2D eigenvalue weighted by molar-refractivity contribution is 5.91. The van der Waals surface area contributed by atoms with Gasteiger partial charge in [0.05, 0.1) is 11.1 Å². The van der Waals surface area contributed by atoms with Crippen LogP contribution in [0.3, 0.4) is 0 Å². The highest BCUT2D eigenvalue weighted by Gasteiger charge is 2.34. The van der Waals surface area contributed by atoms with Crippen LogP contribution in [0.25, 0.3) is 22.0 Å². The number of rotatable bonds is 7. The molecule has 0 unspecified atom stereocenters. The molecule has 0 fully saturated rings. The minimum absolute atomic E-state index is 0.0252. The summed E-state index contributed by atoms with van der Waals surface area (Å²) in [6.07, 6.45) is -4.51. The van der Waals surface area contributed by atoms with Crippen LogP contribution in [0.1, 0.15) is 5.56 Å². The van der Waals surface area contributed by atoms with Gasteiger partial charge in [-0.3, -0.25) is 5.10 Å². The molecule has 4 aromatic rings. The maximum absolute atomic E-state index is 13.7. The summed E-state index contributed by atoms with van der Waals surface area (Å²) in [6, 6.07) is 14.5. The number of hydrogen-bond acceptors (Lipinski definition) is 6. The van der Waals surface area contributed by atoms with Crippen LogP contribution in [0.4, 0.5) is 30.6 Å². The Morgan fingerprint density at radius 3 is 2.47 bits per heavy atom. The Kier molecular flexibility index (Phi) is 5.95. The second-order valence-electron chi connectivity index (χ2n) is 7.51. The SMILES string of the molecule is CN(C)CCNc1nnc(Nc2n[nH]c3ccccc23)cc1-c1ccccc1C(F)(F)F. The van der Waals surface area contributed by atoms with E-state index in [0.717, 1.165) is 17.0 Å². The molecule has 0 aliphatic rings. The van der Waals surface area contributed by atoms with Crippen molar-refractivity contribution in [3.05, 3.63) is 60.2 Å². The molecule has 2 aromatic carbocycles. The summed E-state index contributed by atoms with van der Waals surface area (Å²) in [7, 11) is 3.82. The molecule has 4 rings (SSSR count). The number of halogens is 3. The van der Waals surface area contributed by atoms with Crippen molar-refractivity contribution in [1.82, 2.24) is 25.3 Å². The lowest BCUT2D eigenvalue weighted by Crippen LogP contribution is -2.21. The third-order valence-electron chi connectivity index (χ3n) is 4.88. The molecule has 0 spiro atoms. The summed E-state index contributed by atoms with van der Waals surface area (Å²) < 4.78 is 41.1. The second kappa shape index (κ2) is 8.83. The van der Waals surface area contributed by atoms with Crippen molar-refractivity contribution in [3.8, 4) is 11.1 Å². The van der Waals surface area contributed by atoms with Gasteiger partial charge in [-0.15, -0.1) is 10.2 Å². The predicted octanol–water partition coefficient (Wildman–Crippen LogP) is 4.76. The number of para-hydroxylation sites is 1. The number of fused-ring (bicyclic) bond motifs is 1. The highest BCUT2D eigenvalue weighted by atomic mass is 19.4. The van der Waals surface area contributed by atoms with Crippen molar-refractivity contribution in [2.24, 2.45) is 0 Å². The molecule has 0 atom stereocenters. The fraction of sp³-hybridized carbons (Fsp3) is 0.227. The van der Waals surface area contributed by atoms with E-state index in [1.165, 1.54) is 12.1 Å². The molecule has 0 radical (unpaired) electrons. The molecule has 0 amide bonds. The van der Waals surface area contributed by atoms with Gasteiger partial charge in [0.25, 0.3) is 0 Å². The van der Waals surface area contributed by atoms with Crippen LogP contribution >= 0.6 is 0 Å². The quantitative estimate of drug-likeness (QED) is 0.384. The topological polar surface area (TPSA) is 81.8 Å². The molecule has 0 aliphatic carbocycles. The van der Waals surface area contributed by atoms with E-state index in [4.69, 9.17) is 0 Å². The summed E-state index contributed by atoms with van der Waals surface area (Å²) in [5.74, 6) is 1.08. The number of nitrogens with zero attached hydrogens (tertiary/aromatic N) is 4. The maximum atomic E-state index is 13.7. The van der Waals surface area contributed by atoms with Gasteiger partial charge in [-0.1, -0.05) is 30.3 Å². The minimum atomic E-state index is -4.51. The van der Waals surface area contributed by atoms with Crippen LogP contribution in [0.5, 0.6) is 0 Å². The normalized spacial score (nSPS) is 11.8. The Morgan fingerprint density at radius 1 is 0.938 bits per heavy atom. The number of hydrogen-bond donors (Lipinski definition) is 3. The van der Waals surface area contributed by atoms with Crippen LogP contribution in [-0.4, -0.2) is 52.5 Å². The number of aromatic nitrogens is 4. The largest absolute Gasteiger partial charge is 0.417 e. The van der Waals surface area contributed by atoms with E-state index < -0.39 is 11.7 Å². The van der Waals surface area contributed by atoms with Gasteiger partial charge in [0, 0.05) is 24.0 Å². The van der Waals surface area contributed by atoms with Gasteiger partial charge in [-0.25, -0.2) is 0 Å². The first-order valence-electron chi connectivity index (χ1n) is 9.96. The van der Waals surface area contributed by atoms with Crippen molar-refractivity contribution < 1.29 is 13.2 Å². The molecule has 166 valence electrons. The van der Waals surface area contributed by atoms with Gasteiger partial charge in [-0.2, -0.15) is 18.3 Å². The third kappa shape index (κ3) is 4.65. The number of anilines is 3. The number of benzene rings is 2. The molecular weight excluding hydrogens is 419 g/mol. The first-order valence-corrected chi connectivity index (χ1v) is 9.96. The first-order chi connectivity index (χ1) is 15.3. The Labute approximate surface area is 182 Å². The van der Waals surface area contributed by atoms with Crippen molar-refractivity contribution in [2.75, 3.05) is 37.8 Å². The summed E-state index contributed by atoms with van der Waals surface area (Å²) in [6.45, 7) is 1.18. The summed E-state index contributed by atoms with van der Waals surface area (Å²) in [4.78, 5) is 1.96. The van der Waals surface area contributed by atoms with E-state index in [1.807, 2.05) is 43.3 Å². The molecule has 0 saturated carbocycles. The fourth-order valence-electron chi connectivity index (χ4n) is 3.33. The lowest BCUT2D eigenvalue weighted by atomic mass is 10.00. The zero-order valence-electron chi connectivity index (χ0n) is 17.5. The average Bonchev–Trinajstić information content (AvgIpc) is 3.17. The molecule has 10 heteroatoms. The summed E-state index contributed by atoms with van der Waals surface area (Å²) in [5.41, 5.74) is 0.415. The monoisotopic (exact) mass is 441 g/mol. The molecule has 2 heterocycles. The zero-order chi connectivity index (χ0) is 22.7. The van der Waals surface area contributed by atoms with Gasteiger partial charge in [-0.05, 0) is 43.9 Å². The Bertz CT molecular complexity index is 1220. The van der Waals surface area contributed by atoms with Crippen molar-refractivity contribution >= 4 is 28.4 Å². The Morgan fingerprint density at radius 2 is 1.69 bits per heavy atom. The number of H-pyrrole nitrogens is 1. The molecule has 32 heavy (non-hydrogen) atoms. The molecule has 3 N–H and O–H groups in total. The van der Waals surface area contributed by atoms with Gasteiger partial charge in [0.2, 0.25) is 0 Å². The smallest absolute Gasteiger partial charge is 0.367 e. The van der Waals surface area contributed by atoms with E-state index >= 15 is 0 Å². The lowest BCUT2D eigenvalue weighted by molar-refractivity contribution is -0.137. The molecule has 0 aliphatic heterocycles. The molecule has 7 nitrogen and oxygen atoms in total. The van der Waals surface area contributed by atoms with Crippen molar-refractivity contribution in [3.63, 3.8) is 0 Å². The lowest BCUT2D eigenvalue weighted by Gasteiger charge is -2.17. The van der Waals surface area contributed by atoms with Crippen molar-refractivity contribution in [2.45, 2.75) is 6.18 Å². The van der Waals surface area contributed by atoms with Gasteiger partial charge in [0.1, 0.15) is 0 Å². The van der Waals surface area contributed by atoms with Gasteiger partial charge >= 0.3 is 6.18 Å². The summed E-state index contributed by atoms with van der Waals surface area (Å²) in [5, 5.41) is 22.5. The van der Waals surface area contributed by atoms with Crippen molar-refractivity contribution in [1.29, 1.82) is 0 Å². The Balaban J connectivity index is 1.75. The number of nitrogens with one attached hydrogen (secondary N) is 3. The number of alkyl halides is 3. The molecule has 0 bridgehead atoms. The van der Waals surface area contributed by atoms with Crippen LogP contribution in [0, 0.1) is 0 Å². The molecular formula is C22H22F3N7. The van der Waals surface area contributed by atoms with E-state index in [9.17, 15) is 13.2 Å². The third-order valence-corrected chi connectivity index (χ3v) is 4.88. The number of likely N-dealkylation sites (N-methyl/N-ethyl adjacent to an activating group) is 1. The maximum Gasteiger partial charge on any atom is 0.417 e. The van der Waals surface area contributed by atoms with Crippen LogP contribution < -0.4 is 10.6 Å². The summed E-state index contributed by atoms with van der Waals surface area (Å²) >= 11 is 0. The highest BCUT2D eigenvalue weighted by Crippen LogP contribution is 2.39. The van der Waals surface area contributed by atoms with Crippen LogP contribution in [0.2, 0.25) is 0 Å². The first kappa shape index (κ1) is 21.6. The predicted molar refractivity (Wildman–Crippen MR) is 119 cm³/mol. The minimum Gasteiger partial charge on any atom is -0.367 e. The average molecular weight is 441 g/mol. The molecule has 2 aromatic heterocycles. The van der Waals surface area contributed by atoms with Crippen LogP contribution in [0.15, 0.2) is 54.6 Å². The zero-order valence-corrected chi connectivity index (χ0v) is 17.5. The van der Waals surface area contributed by atoms with Crippen LogP contribution in [-0.2, 0) is 6.18 Å².